The number of hydrogen-bond acceptors (Lipinski definition) is 2. The lowest BCUT2D eigenvalue weighted by atomic mass is 10.1. The second kappa shape index (κ2) is 6.44. The van der Waals surface area contributed by atoms with E-state index in [1.54, 1.807) is 0 Å². The molecule has 0 unspecified atom stereocenters. The van der Waals surface area contributed by atoms with Crippen molar-refractivity contribution in [1.82, 2.24) is 0 Å². The number of nitrogens with one attached hydrogen (secondary N) is 2. The predicted molar refractivity (Wildman–Crippen MR) is 89.0 cm³/mol. The number of para-hydroxylation sites is 1. The van der Waals surface area contributed by atoms with Crippen molar-refractivity contribution >= 4 is 17.3 Å². The first-order valence-electron chi connectivity index (χ1n) is 7.14. The minimum Gasteiger partial charge on any atom is -0.376 e. The lowest BCUT2D eigenvalue weighted by Gasteiger charge is -2.13. The molecule has 0 atom stereocenters. The molecular formula is C18H22N2O. The maximum atomic E-state index is 12.1. The van der Waals surface area contributed by atoms with E-state index in [-0.39, 0.29) is 12.5 Å². The molecule has 3 heteroatoms. The molecule has 2 rings (SSSR count). The Morgan fingerprint density at radius 1 is 0.952 bits per heavy atom. The van der Waals surface area contributed by atoms with Crippen LogP contribution in [-0.2, 0) is 4.79 Å². The number of aryl methyl sites for hydroxylation is 4. The molecule has 0 fully saturated rings. The fourth-order valence-corrected chi connectivity index (χ4v) is 2.38. The first-order chi connectivity index (χ1) is 9.97. The van der Waals surface area contributed by atoms with Gasteiger partial charge in [0.25, 0.3) is 0 Å². The van der Waals surface area contributed by atoms with E-state index >= 15 is 0 Å². The maximum Gasteiger partial charge on any atom is 0.243 e. The van der Waals surface area contributed by atoms with Crippen LogP contribution in [0.2, 0.25) is 0 Å². The second-order valence-corrected chi connectivity index (χ2v) is 5.49. The fourth-order valence-electron chi connectivity index (χ4n) is 2.38. The standard InChI is InChI=1S/C18H22N2O/c1-12-8-9-16(15(4)10-12)19-11-17(21)20-18-13(2)6-5-7-14(18)3/h5-10,19H,11H2,1-4H3,(H,20,21). The predicted octanol–water partition coefficient (Wildman–Crippen LogP) is 3.97. The maximum absolute atomic E-state index is 12.1. The van der Waals surface area contributed by atoms with E-state index in [4.69, 9.17) is 0 Å². The van der Waals surface area contributed by atoms with Gasteiger partial charge in [-0.3, -0.25) is 4.79 Å². The van der Waals surface area contributed by atoms with Crippen LogP contribution < -0.4 is 10.6 Å². The van der Waals surface area contributed by atoms with Crippen LogP contribution in [-0.4, -0.2) is 12.5 Å². The van der Waals surface area contributed by atoms with Gasteiger partial charge in [0.2, 0.25) is 5.91 Å². The molecule has 0 bridgehead atoms. The van der Waals surface area contributed by atoms with Crippen LogP contribution >= 0.6 is 0 Å². The van der Waals surface area contributed by atoms with Gasteiger partial charge >= 0.3 is 0 Å². The molecule has 0 saturated heterocycles. The van der Waals surface area contributed by atoms with E-state index in [0.29, 0.717) is 0 Å². The molecule has 0 saturated carbocycles. The van der Waals surface area contributed by atoms with Crippen LogP contribution in [0.25, 0.3) is 0 Å². The van der Waals surface area contributed by atoms with Crippen molar-refractivity contribution in [1.29, 1.82) is 0 Å². The van der Waals surface area contributed by atoms with Crippen molar-refractivity contribution in [2.75, 3.05) is 17.2 Å². The van der Waals surface area contributed by atoms with Gasteiger partial charge in [-0.2, -0.15) is 0 Å². The zero-order chi connectivity index (χ0) is 15.4. The molecule has 0 aromatic heterocycles. The molecule has 2 N–H and O–H groups in total. The molecule has 2 aromatic rings. The average Bonchev–Trinajstić information content (AvgIpc) is 2.42. The first kappa shape index (κ1) is 15.1. The smallest absolute Gasteiger partial charge is 0.243 e. The van der Waals surface area contributed by atoms with Gasteiger partial charge in [0, 0.05) is 11.4 Å². The Morgan fingerprint density at radius 2 is 1.62 bits per heavy atom. The van der Waals surface area contributed by atoms with Crippen molar-refractivity contribution in [2.45, 2.75) is 27.7 Å². The van der Waals surface area contributed by atoms with Gasteiger partial charge in [0.1, 0.15) is 0 Å². The Bertz CT molecular complexity index is 642. The van der Waals surface area contributed by atoms with E-state index in [9.17, 15) is 4.79 Å². The number of amides is 1. The SMILES string of the molecule is Cc1ccc(NCC(=O)Nc2c(C)cccc2C)c(C)c1. The van der Waals surface area contributed by atoms with Gasteiger partial charge in [0.15, 0.2) is 0 Å². The highest BCUT2D eigenvalue weighted by molar-refractivity contribution is 5.95. The number of carbonyl (C=O) groups excluding carboxylic acids is 1. The third-order valence-corrected chi connectivity index (χ3v) is 3.57. The lowest BCUT2D eigenvalue weighted by molar-refractivity contribution is -0.114. The zero-order valence-corrected chi connectivity index (χ0v) is 13.1. The van der Waals surface area contributed by atoms with Gasteiger partial charge in [-0.15, -0.1) is 0 Å². The van der Waals surface area contributed by atoms with Gasteiger partial charge in [-0.25, -0.2) is 0 Å². The Labute approximate surface area is 126 Å². The highest BCUT2D eigenvalue weighted by Gasteiger charge is 2.07. The molecule has 110 valence electrons. The van der Waals surface area contributed by atoms with E-state index < -0.39 is 0 Å². The van der Waals surface area contributed by atoms with Crippen LogP contribution in [0.5, 0.6) is 0 Å². The first-order valence-corrected chi connectivity index (χ1v) is 7.14. The van der Waals surface area contributed by atoms with Crippen LogP contribution in [0.4, 0.5) is 11.4 Å². The van der Waals surface area contributed by atoms with Gasteiger partial charge < -0.3 is 10.6 Å². The van der Waals surface area contributed by atoms with E-state index in [1.807, 2.05) is 51.1 Å². The summed E-state index contributed by atoms with van der Waals surface area (Å²) in [5.41, 5.74) is 6.43. The van der Waals surface area contributed by atoms with Gasteiger partial charge in [-0.05, 0) is 50.5 Å². The molecule has 3 nitrogen and oxygen atoms in total. The molecule has 2 aromatic carbocycles. The largest absolute Gasteiger partial charge is 0.376 e. The molecule has 0 heterocycles. The number of carbonyl (C=O) groups is 1. The van der Waals surface area contributed by atoms with E-state index in [0.717, 1.165) is 28.1 Å². The van der Waals surface area contributed by atoms with Gasteiger partial charge in [-0.1, -0.05) is 35.9 Å². The molecule has 0 radical (unpaired) electrons. The summed E-state index contributed by atoms with van der Waals surface area (Å²) in [7, 11) is 0. The molecule has 21 heavy (non-hydrogen) atoms. The third kappa shape index (κ3) is 3.85. The van der Waals surface area contributed by atoms with Crippen LogP contribution in [0.15, 0.2) is 36.4 Å². The summed E-state index contributed by atoms with van der Waals surface area (Å²) in [5, 5.41) is 6.17. The topological polar surface area (TPSA) is 41.1 Å². The minimum absolute atomic E-state index is 0.0348. The van der Waals surface area contributed by atoms with Crippen molar-refractivity contribution in [2.24, 2.45) is 0 Å². The van der Waals surface area contributed by atoms with Crippen LogP contribution in [0.1, 0.15) is 22.3 Å². The number of benzene rings is 2. The highest BCUT2D eigenvalue weighted by atomic mass is 16.1. The second-order valence-electron chi connectivity index (χ2n) is 5.49. The van der Waals surface area contributed by atoms with Crippen molar-refractivity contribution < 1.29 is 4.79 Å². The quantitative estimate of drug-likeness (QED) is 0.891. The van der Waals surface area contributed by atoms with E-state index in [1.165, 1.54) is 5.56 Å². The van der Waals surface area contributed by atoms with Crippen LogP contribution in [0, 0.1) is 27.7 Å². The third-order valence-electron chi connectivity index (χ3n) is 3.57. The summed E-state index contributed by atoms with van der Waals surface area (Å²) in [6.45, 7) is 8.36. The Balaban J connectivity index is 1.99. The van der Waals surface area contributed by atoms with Crippen LogP contribution in [0.3, 0.4) is 0 Å². The van der Waals surface area contributed by atoms with Crippen molar-refractivity contribution in [3.63, 3.8) is 0 Å². The van der Waals surface area contributed by atoms with Gasteiger partial charge in [0.05, 0.1) is 6.54 Å². The normalized spacial score (nSPS) is 10.3. The molecule has 0 aliphatic rings. The monoisotopic (exact) mass is 282 g/mol. The molecule has 0 spiro atoms. The zero-order valence-electron chi connectivity index (χ0n) is 13.1. The molecule has 0 aliphatic heterocycles. The van der Waals surface area contributed by atoms with Crippen molar-refractivity contribution in [3.8, 4) is 0 Å². The molecular weight excluding hydrogens is 260 g/mol. The lowest BCUT2D eigenvalue weighted by Crippen LogP contribution is -2.23. The number of hydrogen-bond donors (Lipinski definition) is 2. The summed E-state index contributed by atoms with van der Waals surface area (Å²) < 4.78 is 0. The summed E-state index contributed by atoms with van der Waals surface area (Å²) in [5.74, 6) is -0.0348. The molecule has 0 aliphatic carbocycles. The Morgan fingerprint density at radius 3 is 2.24 bits per heavy atom. The van der Waals surface area contributed by atoms with Crippen molar-refractivity contribution in [3.05, 3.63) is 58.7 Å². The highest BCUT2D eigenvalue weighted by Crippen LogP contribution is 2.19. The average molecular weight is 282 g/mol. The fraction of sp³-hybridized carbons (Fsp3) is 0.278. The Hall–Kier alpha value is -2.29. The molecule has 1 amide bonds. The van der Waals surface area contributed by atoms with E-state index in [2.05, 4.69) is 23.6 Å². The summed E-state index contributed by atoms with van der Waals surface area (Å²) in [6.07, 6.45) is 0. The Kier molecular flexibility index (Phi) is 4.63. The minimum atomic E-state index is -0.0348. The number of rotatable bonds is 4. The summed E-state index contributed by atoms with van der Waals surface area (Å²) in [4.78, 5) is 12.1. The summed E-state index contributed by atoms with van der Waals surface area (Å²) >= 11 is 0. The number of anilines is 2. The summed E-state index contributed by atoms with van der Waals surface area (Å²) in [6, 6.07) is 12.1.